The second-order valence-corrected chi connectivity index (χ2v) is 9.36. The highest BCUT2D eigenvalue weighted by atomic mass is 32.2. The van der Waals surface area contributed by atoms with Crippen LogP contribution in [0.15, 0.2) is 63.7 Å². The first-order valence-corrected chi connectivity index (χ1v) is 11.5. The SMILES string of the molecule is Cc1cccnc1-c1csc(NC(=O)c2ocnc2-c2ccc(S(C)(=O)=O)cc2)n1. The number of aryl methyl sites for hydroxylation is 1. The molecule has 0 aliphatic rings. The van der Waals surface area contributed by atoms with E-state index < -0.39 is 15.7 Å². The molecule has 1 amide bonds. The number of hydrogen-bond donors (Lipinski definition) is 1. The fourth-order valence-corrected chi connectivity index (χ4v) is 4.14. The third-order valence-electron chi connectivity index (χ3n) is 4.31. The third-order valence-corrected chi connectivity index (χ3v) is 6.19. The third kappa shape index (κ3) is 4.00. The van der Waals surface area contributed by atoms with Crippen molar-refractivity contribution in [3.8, 4) is 22.6 Å². The summed E-state index contributed by atoms with van der Waals surface area (Å²) in [7, 11) is -3.31. The first-order valence-electron chi connectivity index (χ1n) is 8.76. The second-order valence-electron chi connectivity index (χ2n) is 6.49. The zero-order valence-corrected chi connectivity index (χ0v) is 17.6. The maximum Gasteiger partial charge on any atom is 0.295 e. The van der Waals surface area contributed by atoms with Crippen LogP contribution in [0.25, 0.3) is 22.6 Å². The molecule has 0 saturated carbocycles. The Morgan fingerprint density at radius 1 is 1.10 bits per heavy atom. The minimum Gasteiger partial charge on any atom is -0.438 e. The predicted octanol–water partition coefficient (Wildman–Crippen LogP) is 3.82. The summed E-state index contributed by atoms with van der Waals surface area (Å²) in [6, 6.07) is 9.87. The van der Waals surface area contributed by atoms with Crippen molar-refractivity contribution in [3.63, 3.8) is 0 Å². The van der Waals surface area contributed by atoms with Crippen molar-refractivity contribution in [1.82, 2.24) is 15.0 Å². The summed E-state index contributed by atoms with van der Waals surface area (Å²) in [5.41, 5.74) is 3.27. The maximum absolute atomic E-state index is 12.7. The number of aromatic nitrogens is 3. The van der Waals surface area contributed by atoms with E-state index in [1.54, 1.807) is 18.3 Å². The molecule has 0 spiro atoms. The molecule has 0 bridgehead atoms. The number of thiazole rings is 1. The number of anilines is 1. The molecule has 0 aliphatic carbocycles. The van der Waals surface area contributed by atoms with Crippen LogP contribution >= 0.6 is 11.3 Å². The predicted molar refractivity (Wildman–Crippen MR) is 113 cm³/mol. The van der Waals surface area contributed by atoms with Gasteiger partial charge >= 0.3 is 0 Å². The Bertz CT molecular complexity index is 1320. The van der Waals surface area contributed by atoms with Gasteiger partial charge in [-0.1, -0.05) is 18.2 Å². The summed E-state index contributed by atoms with van der Waals surface area (Å²) in [4.78, 5) is 25.8. The van der Waals surface area contributed by atoms with Crippen LogP contribution in [0.3, 0.4) is 0 Å². The number of hydrogen-bond acceptors (Lipinski definition) is 8. The zero-order chi connectivity index (χ0) is 21.3. The molecule has 0 aliphatic heterocycles. The molecule has 4 rings (SSSR count). The average Bonchev–Trinajstić information content (AvgIpc) is 3.37. The van der Waals surface area contributed by atoms with Crippen molar-refractivity contribution < 1.29 is 17.6 Å². The summed E-state index contributed by atoms with van der Waals surface area (Å²) >= 11 is 1.27. The van der Waals surface area contributed by atoms with Gasteiger partial charge in [0.15, 0.2) is 21.4 Å². The molecule has 0 saturated heterocycles. The van der Waals surface area contributed by atoms with Crippen LogP contribution in [0.5, 0.6) is 0 Å². The van der Waals surface area contributed by atoms with Gasteiger partial charge in [-0.25, -0.2) is 18.4 Å². The lowest BCUT2D eigenvalue weighted by Gasteiger charge is -2.03. The molecule has 0 unspecified atom stereocenters. The second kappa shape index (κ2) is 7.81. The normalized spacial score (nSPS) is 11.4. The summed E-state index contributed by atoms with van der Waals surface area (Å²) in [6.45, 7) is 1.94. The number of amides is 1. The van der Waals surface area contributed by atoms with E-state index in [2.05, 4.69) is 20.3 Å². The van der Waals surface area contributed by atoms with Crippen LogP contribution in [0.2, 0.25) is 0 Å². The fourth-order valence-electron chi connectivity index (χ4n) is 2.82. The number of carbonyl (C=O) groups excluding carboxylic acids is 1. The Morgan fingerprint density at radius 2 is 1.87 bits per heavy atom. The van der Waals surface area contributed by atoms with Crippen molar-refractivity contribution in [1.29, 1.82) is 0 Å². The molecule has 0 fully saturated rings. The lowest BCUT2D eigenvalue weighted by Crippen LogP contribution is -2.12. The van der Waals surface area contributed by atoms with Crippen molar-refractivity contribution in [2.24, 2.45) is 0 Å². The summed E-state index contributed by atoms with van der Waals surface area (Å²) in [5.74, 6) is -0.499. The number of rotatable bonds is 5. The number of nitrogens with zero attached hydrogens (tertiary/aromatic N) is 3. The van der Waals surface area contributed by atoms with Gasteiger partial charge in [0.05, 0.1) is 10.6 Å². The molecule has 30 heavy (non-hydrogen) atoms. The van der Waals surface area contributed by atoms with Crippen LogP contribution in [-0.2, 0) is 9.84 Å². The van der Waals surface area contributed by atoms with Gasteiger partial charge in [-0.3, -0.25) is 15.1 Å². The van der Waals surface area contributed by atoms with Crippen molar-refractivity contribution >= 4 is 32.2 Å². The molecule has 10 heteroatoms. The average molecular weight is 441 g/mol. The van der Waals surface area contributed by atoms with Gasteiger partial charge in [0, 0.05) is 23.4 Å². The van der Waals surface area contributed by atoms with E-state index in [9.17, 15) is 13.2 Å². The van der Waals surface area contributed by atoms with Crippen LogP contribution in [0, 0.1) is 6.92 Å². The Balaban J connectivity index is 1.56. The van der Waals surface area contributed by atoms with Crippen LogP contribution in [0.1, 0.15) is 16.1 Å². The number of sulfone groups is 1. The van der Waals surface area contributed by atoms with Gasteiger partial charge in [-0.15, -0.1) is 11.3 Å². The number of carbonyl (C=O) groups is 1. The lowest BCUT2D eigenvalue weighted by molar-refractivity contribution is 0.0997. The fraction of sp³-hybridized carbons (Fsp3) is 0.100. The van der Waals surface area contributed by atoms with Crippen molar-refractivity contribution in [2.45, 2.75) is 11.8 Å². The van der Waals surface area contributed by atoms with Crippen LogP contribution in [0.4, 0.5) is 5.13 Å². The summed E-state index contributed by atoms with van der Waals surface area (Å²) in [6.07, 6.45) is 3.99. The Labute approximate surface area is 176 Å². The molecule has 0 atom stereocenters. The zero-order valence-electron chi connectivity index (χ0n) is 16.0. The minimum atomic E-state index is -3.31. The summed E-state index contributed by atoms with van der Waals surface area (Å²) in [5, 5.41) is 4.92. The molecule has 8 nitrogen and oxygen atoms in total. The lowest BCUT2D eigenvalue weighted by atomic mass is 10.1. The number of nitrogens with one attached hydrogen (secondary N) is 1. The van der Waals surface area contributed by atoms with Crippen molar-refractivity contribution in [2.75, 3.05) is 11.6 Å². The molecular formula is C20H16N4O4S2. The first kappa shape index (κ1) is 19.9. The highest BCUT2D eigenvalue weighted by Gasteiger charge is 2.20. The number of benzene rings is 1. The van der Waals surface area contributed by atoms with E-state index in [-0.39, 0.29) is 10.7 Å². The van der Waals surface area contributed by atoms with Crippen molar-refractivity contribution in [3.05, 3.63) is 65.7 Å². The largest absolute Gasteiger partial charge is 0.438 e. The van der Waals surface area contributed by atoms with Crippen LogP contribution < -0.4 is 5.32 Å². The molecule has 0 radical (unpaired) electrons. The highest BCUT2D eigenvalue weighted by molar-refractivity contribution is 7.90. The van der Waals surface area contributed by atoms with Crippen LogP contribution in [-0.4, -0.2) is 35.5 Å². The van der Waals surface area contributed by atoms with E-state index in [4.69, 9.17) is 4.42 Å². The Morgan fingerprint density at radius 3 is 2.57 bits per heavy atom. The number of oxazole rings is 1. The molecule has 1 N–H and O–H groups in total. The first-order chi connectivity index (χ1) is 14.3. The van der Waals surface area contributed by atoms with Gasteiger partial charge in [0.1, 0.15) is 11.4 Å². The quantitative estimate of drug-likeness (QED) is 0.501. The molecule has 4 aromatic rings. The van der Waals surface area contributed by atoms with Gasteiger partial charge in [-0.2, -0.15) is 0 Å². The van der Waals surface area contributed by atoms with E-state index in [0.29, 0.717) is 22.1 Å². The van der Waals surface area contributed by atoms with E-state index >= 15 is 0 Å². The van der Waals surface area contributed by atoms with Gasteiger partial charge < -0.3 is 4.42 Å². The Kier molecular flexibility index (Phi) is 5.18. The highest BCUT2D eigenvalue weighted by Crippen LogP contribution is 2.28. The monoisotopic (exact) mass is 440 g/mol. The van der Waals surface area contributed by atoms with E-state index in [1.807, 2.05) is 24.4 Å². The maximum atomic E-state index is 12.7. The van der Waals surface area contributed by atoms with E-state index in [0.717, 1.165) is 17.5 Å². The molecular weight excluding hydrogens is 424 g/mol. The standard InChI is InChI=1S/C20H16N4O4S2/c1-12-4-3-9-21-16(12)15-10-29-20(23-15)24-19(25)18-17(22-11-28-18)13-5-7-14(8-6-13)30(2,26)27/h3-11H,1-2H3,(H,23,24,25). The molecule has 1 aromatic carbocycles. The Hall–Kier alpha value is -3.37. The molecule has 152 valence electrons. The van der Waals surface area contributed by atoms with Gasteiger partial charge in [0.25, 0.3) is 5.91 Å². The van der Waals surface area contributed by atoms with E-state index in [1.165, 1.54) is 29.9 Å². The summed E-state index contributed by atoms with van der Waals surface area (Å²) < 4.78 is 28.5. The van der Waals surface area contributed by atoms with Gasteiger partial charge in [0.2, 0.25) is 5.76 Å². The van der Waals surface area contributed by atoms with Gasteiger partial charge in [-0.05, 0) is 30.7 Å². The smallest absolute Gasteiger partial charge is 0.295 e. The molecule has 3 aromatic heterocycles. The topological polar surface area (TPSA) is 115 Å². The number of pyridine rings is 1. The minimum absolute atomic E-state index is 0.00729. The molecule has 3 heterocycles.